The second-order valence-corrected chi connectivity index (χ2v) is 5.28. The molecule has 5 nitrogen and oxygen atoms in total. The Balaban J connectivity index is 1.82. The van der Waals surface area contributed by atoms with Crippen molar-refractivity contribution in [3.63, 3.8) is 0 Å². The number of amides is 1. The Morgan fingerprint density at radius 3 is 2.75 bits per heavy atom. The molecule has 0 radical (unpaired) electrons. The Morgan fingerprint density at radius 2 is 2.10 bits per heavy atom. The number of pyridine rings is 1. The Morgan fingerprint density at radius 1 is 1.35 bits per heavy atom. The minimum absolute atomic E-state index is 0.0934. The van der Waals surface area contributed by atoms with E-state index in [-0.39, 0.29) is 18.0 Å². The van der Waals surface area contributed by atoms with Crippen LogP contribution in [0.15, 0.2) is 29.2 Å². The molecule has 20 heavy (non-hydrogen) atoms. The number of likely N-dealkylation sites (tertiary alicyclic amines) is 1. The summed E-state index contributed by atoms with van der Waals surface area (Å²) in [5.74, 6) is -0.101. The first kappa shape index (κ1) is 14.8. The number of nitrogens with zero attached hydrogens (tertiary/aromatic N) is 2. The second-order valence-electron chi connectivity index (χ2n) is 5.28. The van der Waals surface area contributed by atoms with Gasteiger partial charge in [-0.3, -0.25) is 14.5 Å². The van der Waals surface area contributed by atoms with Crippen LogP contribution in [-0.4, -0.2) is 41.1 Å². The molecular formula is C15H23N3O2. The minimum atomic E-state index is -0.144. The van der Waals surface area contributed by atoms with Crippen LogP contribution in [0.1, 0.15) is 26.2 Å². The molecule has 2 rings (SSSR count). The molecule has 1 unspecified atom stereocenters. The number of aromatic nitrogens is 1. The zero-order valence-corrected chi connectivity index (χ0v) is 12.0. The SMILES string of the molecule is CCC(CNC(=O)Cn1ccccc1=O)N1CCCC1. The van der Waals surface area contributed by atoms with Crippen molar-refractivity contribution in [2.24, 2.45) is 0 Å². The van der Waals surface area contributed by atoms with Crippen molar-refractivity contribution >= 4 is 5.91 Å². The molecule has 1 saturated heterocycles. The van der Waals surface area contributed by atoms with Gasteiger partial charge in [0.1, 0.15) is 6.54 Å². The first-order valence-electron chi connectivity index (χ1n) is 7.37. The monoisotopic (exact) mass is 277 g/mol. The summed E-state index contributed by atoms with van der Waals surface area (Å²) in [6.45, 7) is 5.17. The van der Waals surface area contributed by atoms with Crippen LogP contribution >= 0.6 is 0 Å². The lowest BCUT2D eigenvalue weighted by Gasteiger charge is -2.26. The lowest BCUT2D eigenvalue weighted by molar-refractivity contribution is -0.121. The molecule has 0 bridgehead atoms. The summed E-state index contributed by atoms with van der Waals surface area (Å²) in [6, 6.07) is 5.31. The molecule has 5 heteroatoms. The molecule has 1 aromatic heterocycles. The van der Waals surface area contributed by atoms with Gasteiger partial charge in [-0.1, -0.05) is 13.0 Å². The predicted molar refractivity (Wildman–Crippen MR) is 78.6 cm³/mol. The summed E-state index contributed by atoms with van der Waals surface area (Å²) in [6.07, 6.45) is 5.18. The van der Waals surface area contributed by atoms with Crippen molar-refractivity contribution in [2.75, 3.05) is 19.6 Å². The molecule has 1 aliphatic heterocycles. The van der Waals surface area contributed by atoms with Crippen molar-refractivity contribution in [3.8, 4) is 0 Å². The van der Waals surface area contributed by atoms with E-state index < -0.39 is 0 Å². The summed E-state index contributed by atoms with van der Waals surface area (Å²) >= 11 is 0. The van der Waals surface area contributed by atoms with Gasteiger partial charge in [-0.15, -0.1) is 0 Å². The maximum Gasteiger partial charge on any atom is 0.250 e. The van der Waals surface area contributed by atoms with E-state index in [1.807, 2.05) is 0 Å². The molecular weight excluding hydrogens is 254 g/mol. The van der Waals surface area contributed by atoms with Crippen LogP contribution < -0.4 is 10.9 Å². The van der Waals surface area contributed by atoms with E-state index in [2.05, 4.69) is 17.1 Å². The quantitative estimate of drug-likeness (QED) is 0.838. The highest BCUT2D eigenvalue weighted by Crippen LogP contribution is 2.13. The third-order valence-corrected chi connectivity index (χ3v) is 3.88. The molecule has 1 N–H and O–H groups in total. The Labute approximate surface area is 119 Å². The van der Waals surface area contributed by atoms with Crippen LogP contribution in [0.5, 0.6) is 0 Å². The van der Waals surface area contributed by atoms with Crippen molar-refractivity contribution in [1.82, 2.24) is 14.8 Å². The highest BCUT2D eigenvalue weighted by Gasteiger charge is 2.20. The second kappa shape index (κ2) is 7.24. The molecule has 1 aliphatic rings. The largest absolute Gasteiger partial charge is 0.353 e. The van der Waals surface area contributed by atoms with Crippen LogP contribution in [-0.2, 0) is 11.3 Å². The molecule has 1 fully saturated rings. The van der Waals surface area contributed by atoms with Gasteiger partial charge in [0, 0.05) is 24.8 Å². The summed E-state index contributed by atoms with van der Waals surface area (Å²) in [7, 11) is 0. The third-order valence-electron chi connectivity index (χ3n) is 3.88. The lowest BCUT2D eigenvalue weighted by atomic mass is 10.2. The first-order chi connectivity index (χ1) is 9.70. The molecule has 1 amide bonds. The number of nitrogens with one attached hydrogen (secondary N) is 1. The normalized spacial score (nSPS) is 17.1. The van der Waals surface area contributed by atoms with Crippen LogP contribution in [0.2, 0.25) is 0 Å². The Bertz CT molecular complexity index is 492. The molecule has 0 saturated carbocycles. The van der Waals surface area contributed by atoms with Crippen LogP contribution in [0.4, 0.5) is 0 Å². The van der Waals surface area contributed by atoms with E-state index in [9.17, 15) is 9.59 Å². The van der Waals surface area contributed by atoms with E-state index >= 15 is 0 Å². The summed E-state index contributed by atoms with van der Waals surface area (Å²) in [4.78, 5) is 25.9. The Kier molecular flexibility index (Phi) is 5.35. The van der Waals surface area contributed by atoms with Gasteiger partial charge < -0.3 is 9.88 Å². The fraction of sp³-hybridized carbons (Fsp3) is 0.600. The van der Waals surface area contributed by atoms with Crippen molar-refractivity contribution in [2.45, 2.75) is 38.8 Å². The number of carbonyl (C=O) groups is 1. The van der Waals surface area contributed by atoms with Gasteiger partial charge >= 0.3 is 0 Å². The minimum Gasteiger partial charge on any atom is -0.353 e. The average Bonchev–Trinajstić information content (AvgIpc) is 2.96. The van der Waals surface area contributed by atoms with E-state index in [0.29, 0.717) is 12.6 Å². The maximum atomic E-state index is 11.9. The standard InChI is InChI=1S/C15H23N3O2/c1-2-13(17-8-5-6-9-17)11-16-14(19)12-18-10-4-3-7-15(18)20/h3-4,7,10,13H,2,5-6,8-9,11-12H2,1H3,(H,16,19). The maximum absolute atomic E-state index is 11.9. The van der Waals surface area contributed by atoms with Gasteiger partial charge in [-0.05, 0) is 38.4 Å². The lowest BCUT2D eigenvalue weighted by Crippen LogP contribution is -2.43. The van der Waals surface area contributed by atoms with Crippen molar-refractivity contribution < 1.29 is 4.79 Å². The molecule has 0 aromatic carbocycles. The summed E-state index contributed by atoms with van der Waals surface area (Å²) in [5, 5.41) is 2.95. The Hall–Kier alpha value is -1.62. The van der Waals surface area contributed by atoms with Crippen molar-refractivity contribution in [3.05, 3.63) is 34.7 Å². The topological polar surface area (TPSA) is 54.3 Å². The zero-order chi connectivity index (χ0) is 14.4. The molecule has 2 heterocycles. The van der Waals surface area contributed by atoms with Gasteiger partial charge in [-0.25, -0.2) is 0 Å². The highest BCUT2D eigenvalue weighted by atomic mass is 16.2. The van der Waals surface area contributed by atoms with Crippen LogP contribution in [0, 0.1) is 0 Å². The molecule has 0 aliphatic carbocycles. The molecule has 1 aromatic rings. The van der Waals surface area contributed by atoms with Gasteiger partial charge in [0.15, 0.2) is 0 Å². The van der Waals surface area contributed by atoms with E-state index in [0.717, 1.165) is 19.5 Å². The van der Waals surface area contributed by atoms with E-state index in [1.54, 1.807) is 18.3 Å². The number of carbonyl (C=O) groups excluding carboxylic acids is 1. The number of hydrogen-bond donors (Lipinski definition) is 1. The van der Waals surface area contributed by atoms with Gasteiger partial charge in [0.25, 0.3) is 5.56 Å². The number of rotatable bonds is 6. The molecule has 110 valence electrons. The fourth-order valence-electron chi connectivity index (χ4n) is 2.67. The fourth-order valence-corrected chi connectivity index (χ4v) is 2.67. The van der Waals surface area contributed by atoms with Gasteiger partial charge in [0.05, 0.1) is 0 Å². The van der Waals surface area contributed by atoms with Gasteiger partial charge in [0.2, 0.25) is 5.91 Å². The smallest absolute Gasteiger partial charge is 0.250 e. The van der Waals surface area contributed by atoms with Gasteiger partial charge in [-0.2, -0.15) is 0 Å². The summed E-state index contributed by atoms with van der Waals surface area (Å²) < 4.78 is 1.42. The average molecular weight is 277 g/mol. The predicted octanol–water partition coefficient (Wildman–Crippen LogP) is 0.839. The number of hydrogen-bond acceptors (Lipinski definition) is 3. The molecule has 1 atom stereocenters. The summed E-state index contributed by atoms with van der Waals surface area (Å²) in [5.41, 5.74) is -0.144. The highest BCUT2D eigenvalue weighted by molar-refractivity contribution is 5.75. The van der Waals surface area contributed by atoms with E-state index in [1.165, 1.54) is 23.5 Å². The van der Waals surface area contributed by atoms with Crippen molar-refractivity contribution in [1.29, 1.82) is 0 Å². The van der Waals surface area contributed by atoms with E-state index in [4.69, 9.17) is 0 Å². The zero-order valence-electron chi connectivity index (χ0n) is 12.0. The molecule has 0 spiro atoms. The first-order valence-corrected chi connectivity index (χ1v) is 7.37. The van der Waals surface area contributed by atoms with Crippen LogP contribution in [0.25, 0.3) is 0 Å². The van der Waals surface area contributed by atoms with Crippen LogP contribution in [0.3, 0.4) is 0 Å². The third kappa shape index (κ3) is 3.93.